The quantitative estimate of drug-likeness (QED) is 0.803. The van der Waals surface area contributed by atoms with Crippen molar-refractivity contribution in [2.24, 2.45) is 13.0 Å². The average molecular weight is 279 g/mol. The molecule has 0 bridgehead atoms. The van der Waals surface area contributed by atoms with E-state index in [4.69, 9.17) is 0 Å². The van der Waals surface area contributed by atoms with Crippen LogP contribution in [0.2, 0.25) is 0 Å². The molecule has 6 nitrogen and oxygen atoms in total. The van der Waals surface area contributed by atoms with Crippen LogP contribution in [0.3, 0.4) is 0 Å². The number of anilines is 1. The molecule has 0 aliphatic carbocycles. The van der Waals surface area contributed by atoms with Gasteiger partial charge in [-0.25, -0.2) is 4.79 Å². The summed E-state index contributed by atoms with van der Waals surface area (Å²) in [5.74, 6) is 0.199. The first-order valence-corrected chi connectivity index (χ1v) is 6.80. The predicted molar refractivity (Wildman–Crippen MR) is 76.8 cm³/mol. The molecule has 1 aliphatic rings. The Morgan fingerprint density at radius 3 is 2.85 bits per heavy atom. The first-order valence-electron chi connectivity index (χ1n) is 6.80. The molecular weight excluding hydrogens is 258 g/mol. The second-order valence-electron chi connectivity index (χ2n) is 5.50. The second kappa shape index (κ2) is 5.66. The Balaban J connectivity index is 2.13. The highest BCUT2D eigenvalue weighted by Gasteiger charge is 2.27. The van der Waals surface area contributed by atoms with Gasteiger partial charge in [0.05, 0.1) is 6.10 Å². The fourth-order valence-electron chi connectivity index (χ4n) is 2.29. The van der Waals surface area contributed by atoms with Gasteiger partial charge in [-0.05, 0) is 30.9 Å². The van der Waals surface area contributed by atoms with Crippen LogP contribution in [0.4, 0.5) is 10.5 Å². The van der Waals surface area contributed by atoms with Crippen LogP contribution in [-0.2, 0) is 7.05 Å². The number of hydrogen-bond donors (Lipinski definition) is 2. The summed E-state index contributed by atoms with van der Waals surface area (Å²) >= 11 is 0. The molecule has 6 heteroatoms. The van der Waals surface area contributed by atoms with E-state index < -0.39 is 6.10 Å². The maximum absolute atomic E-state index is 12.2. The fourth-order valence-corrected chi connectivity index (χ4v) is 2.29. The monoisotopic (exact) mass is 279 g/mol. The zero-order valence-electron chi connectivity index (χ0n) is 12.1. The van der Waals surface area contributed by atoms with Gasteiger partial charge in [-0.1, -0.05) is 6.92 Å². The van der Waals surface area contributed by atoms with E-state index in [9.17, 15) is 14.7 Å². The van der Waals surface area contributed by atoms with Crippen LogP contribution >= 0.6 is 0 Å². The number of aliphatic hydroxyl groups excluding tert-OH is 1. The Bertz CT molecular complexity index is 567. The molecule has 2 atom stereocenters. The van der Waals surface area contributed by atoms with Gasteiger partial charge < -0.3 is 19.9 Å². The van der Waals surface area contributed by atoms with Gasteiger partial charge >= 0.3 is 6.03 Å². The van der Waals surface area contributed by atoms with E-state index in [0.717, 1.165) is 12.0 Å². The molecule has 2 unspecified atom stereocenters. The first kappa shape index (κ1) is 14.6. The Hall–Kier alpha value is -1.82. The molecule has 110 valence electrons. The Morgan fingerprint density at radius 1 is 1.50 bits per heavy atom. The topological polar surface area (TPSA) is 74.6 Å². The van der Waals surface area contributed by atoms with Gasteiger partial charge in [0.1, 0.15) is 5.69 Å². The number of carbonyl (C=O) groups is 1. The molecule has 0 radical (unpaired) electrons. The van der Waals surface area contributed by atoms with Crippen molar-refractivity contribution < 1.29 is 9.90 Å². The standard InChI is InChI=1S/C14H21N3O3/c1-9-5-7-17(8-11(9)18)14(20)15-12-10(2)4-6-16(3)13(12)19/h4,6,9,11,18H,5,7-8H2,1-3H3,(H,15,20). The van der Waals surface area contributed by atoms with E-state index in [0.29, 0.717) is 18.8 Å². The van der Waals surface area contributed by atoms with Gasteiger partial charge in [0.15, 0.2) is 0 Å². The largest absolute Gasteiger partial charge is 0.391 e. The lowest BCUT2D eigenvalue weighted by molar-refractivity contribution is 0.0463. The molecule has 1 saturated heterocycles. The Kier molecular flexibility index (Phi) is 4.13. The molecule has 0 spiro atoms. The predicted octanol–water partition coefficient (Wildman–Crippen LogP) is 0.928. The average Bonchev–Trinajstić information content (AvgIpc) is 2.42. The van der Waals surface area contributed by atoms with E-state index in [1.165, 1.54) is 4.57 Å². The van der Waals surface area contributed by atoms with Gasteiger partial charge in [0, 0.05) is 26.3 Å². The number of aromatic nitrogens is 1. The van der Waals surface area contributed by atoms with Gasteiger partial charge in [-0.2, -0.15) is 0 Å². The van der Waals surface area contributed by atoms with Crippen molar-refractivity contribution in [2.75, 3.05) is 18.4 Å². The smallest absolute Gasteiger partial charge is 0.322 e. The van der Waals surface area contributed by atoms with Crippen LogP contribution in [0.1, 0.15) is 18.9 Å². The summed E-state index contributed by atoms with van der Waals surface area (Å²) in [5.41, 5.74) is 0.796. The number of carbonyl (C=O) groups excluding carboxylic acids is 1. The number of nitrogens with zero attached hydrogens (tertiary/aromatic N) is 2. The lowest BCUT2D eigenvalue weighted by Gasteiger charge is -2.34. The second-order valence-corrected chi connectivity index (χ2v) is 5.50. The highest BCUT2D eigenvalue weighted by Crippen LogP contribution is 2.18. The number of urea groups is 1. The molecule has 2 N–H and O–H groups in total. The normalized spacial score (nSPS) is 22.7. The van der Waals surface area contributed by atoms with Crippen molar-refractivity contribution in [2.45, 2.75) is 26.4 Å². The molecule has 1 aromatic rings. The molecule has 2 amide bonds. The van der Waals surface area contributed by atoms with Gasteiger partial charge in [-0.15, -0.1) is 0 Å². The first-order chi connectivity index (χ1) is 9.40. The summed E-state index contributed by atoms with van der Waals surface area (Å²) in [5, 5.41) is 12.5. The number of amides is 2. The van der Waals surface area contributed by atoms with E-state index in [1.807, 2.05) is 6.92 Å². The minimum atomic E-state index is -0.505. The van der Waals surface area contributed by atoms with Crippen LogP contribution < -0.4 is 10.9 Å². The fraction of sp³-hybridized carbons (Fsp3) is 0.571. The minimum absolute atomic E-state index is 0.199. The highest BCUT2D eigenvalue weighted by molar-refractivity contribution is 5.90. The number of aliphatic hydroxyl groups is 1. The van der Waals surface area contributed by atoms with Gasteiger partial charge in [0.2, 0.25) is 0 Å². The van der Waals surface area contributed by atoms with Crippen molar-refractivity contribution in [3.05, 3.63) is 28.2 Å². The third-order valence-electron chi connectivity index (χ3n) is 3.91. The van der Waals surface area contributed by atoms with Crippen molar-refractivity contribution in [1.29, 1.82) is 0 Å². The van der Waals surface area contributed by atoms with Crippen LogP contribution in [-0.4, -0.2) is 39.8 Å². The highest BCUT2D eigenvalue weighted by atomic mass is 16.3. The van der Waals surface area contributed by atoms with Crippen LogP contribution in [0.25, 0.3) is 0 Å². The number of piperidine rings is 1. The van der Waals surface area contributed by atoms with Crippen LogP contribution in [0, 0.1) is 12.8 Å². The van der Waals surface area contributed by atoms with Crippen molar-refractivity contribution in [3.8, 4) is 0 Å². The number of pyridine rings is 1. The molecule has 20 heavy (non-hydrogen) atoms. The summed E-state index contributed by atoms with van der Waals surface area (Å²) in [6, 6.07) is 1.45. The molecule has 0 saturated carbocycles. The number of nitrogens with one attached hydrogen (secondary N) is 1. The maximum atomic E-state index is 12.2. The number of β-amino-alcohol motifs (C(OH)–C–C–N with tert-alkyl or cyclic N) is 1. The van der Waals surface area contributed by atoms with E-state index in [-0.39, 0.29) is 17.5 Å². The Labute approximate surface area is 118 Å². The zero-order chi connectivity index (χ0) is 14.9. The molecule has 2 rings (SSSR count). The summed E-state index contributed by atoms with van der Waals surface area (Å²) in [6.45, 7) is 4.65. The zero-order valence-corrected chi connectivity index (χ0v) is 12.1. The van der Waals surface area contributed by atoms with E-state index >= 15 is 0 Å². The molecule has 0 aromatic carbocycles. The van der Waals surface area contributed by atoms with Crippen molar-refractivity contribution in [3.63, 3.8) is 0 Å². The van der Waals surface area contributed by atoms with Gasteiger partial charge in [-0.3, -0.25) is 4.79 Å². The molecule has 1 fully saturated rings. The van der Waals surface area contributed by atoms with Crippen LogP contribution in [0.15, 0.2) is 17.1 Å². The van der Waals surface area contributed by atoms with E-state index in [2.05, 4.69) is 5.32 Å². The number of aryl methyl sites for hydroxylation is 2. The van der Waals surface area contributed by atoms with E-state index in [1.54, 1.807) is 31.1 Å². The SMILES string of the molecule is Cc1ccn(C)c(=O)c1NC(=O)N1CCC(C)C(O)C1. The number of rotatable bonds is 1. The Morgan fingerprint density at radius 2 is 2.20 bits per heavy atom. The molecule has 1 aliphatic heterocycles. The minimum Gasteiger partial charge on any atom is -0.391 e. The molecule has 2 heterocycles. The third kappa shape index (κ3) is 2.85. The summed E-state index contributed by atoms with van der Waals surface area (Å²) < 4.78 is 1.43. The maximum Gasteiger partial charge on any atom is 0.322 e. The summed E-state index contributed by atoms with van der Waals surface area (Å²) in [7, 11) is 1.64. The van der Waals surface area contributed by atoms with Gasteiger partial charge in [0.25, 0.3) is 5.56 Å². The lowest BCUT2D eigenvalue weighted by atomic mass is 9.96. The summed E-state index contributed by atoms with van der Waals surface area (Å²) in [4.78, 5) is 25.7. The molecule has 1 aromatic heterocycles. The number of likely N-dealkylation sites (tertiary alicyclic amines) is 1. The summed E-state index contributed by atoms with van der Waals surface area (Å²) in [6.07, 6.45) is 1.93. The molecular formula is C14H21N3O3. The van der Waals surface area contributed by atoms with Crippen LogP contribution in [0.5, 0.6) is 0 Å². The van der Waals surface area contributed by atoms with Crippen molar-refractivity contribution in [1.82, 2.24) is 9.47 Å². The lowest BCUT2D eigenvalue weighted by Crippen LogP contribution is -2.48. The number of hydrogen-bond acceptors (Lipinski definition) is 3. The third-order valence-corrected chi connectivity index (χ3v) is 3.91. The van der Waals surface area contributed by atoms with Crippen molar-refractivity contribution >= 4 is 11.7 Å².